The fourth-order valence-electron chi connectivity index (χ4n) is 4.77. The molecule has 0 bridgehead atoms. The van der Waals surface area contributed by atoms with Gasteiger partial charge >= 0.3 is 0 Å². The molecule has 0 unspecified atom stereocenters. The van der Waals surface area contributed by atoms with Crippen LogP contribution in [0.2, 0.25) is 0 Å². The highest BCUT2D eigenvalue weighted by atomic mass is 16.7. The minimum absolute atomic E-state index is 0.0129. The van der Waals surface area contributed by atoms with Crippen molar-refractivity contribution in [2.75, 3.05) is 19.8 Å². The normalized spacial score (nSPS) is 50.1. The van der Waals surface area contributed by atoms with Gasteiger partial charge in [0.05, 0.1) is 31.5 Å². The van der Waals surface area contributed by atoms with Crippen LogP contribution >= 0.6 is 0 Å². The zero-order valence-corrected chi connectivity index (χ0v) is 18.2. The molecule has 1 saturated carbocycles. The molecule has 1 saturated heterocycles. The summed E-state index contributed by atoms with van der Waals surface area (Å²) in [5.41, 5.74) is 0.0590. The molecule has 0 aromatic carbocycles. The molecule has 0 radical (unpaired) electrons. The number of ether oxygens (including phenoxy) is 2. The summed E-state index contributed by atoms with van der Waals surface area (Å²) >= 11 is 0. The number of rotatable bonds is 7. The van der Waals surface area contributed by atoms with E-state index in [1.807, 2.05) is 0 Å². The van der Waals surface area contributed by atoms with Crippen molar-refractivity contribution < 1.29 is 65.6 Å². The predicted molar refractivity (Wildman–Crippen MR) is 110 cm³/mol. The number of aliphatic hydroxyl groups is 11. The Hall–Kier alpha value is -0.820. The van der Waals surface area contributed by atoms with E-state index in [0.717, 1.165) is 0 Å². The summed E-state index contributed by atoms with van der Waals surface area (Å²) in [5.74, 6) is -0.833. The molecule has 2 fully saturated rings. The summed E-state index contributed by atoms with van der Waals surface area (Å²) < 4.78 is 10.9. The summed E-state index contributed by atoms with van der Waals surface area (Å²) in [6.45, 7) is -1.80. The van der Waals surface area contributed by atoms with Crippen molar-refractivity contribution >= 4 is 0 Å². The monoisotopic (exact) mass is 497 g/mol. The third-order valence-corrected chi connectivity index (χ3v) is 6.90. The van der Waals surface area contributed by atoms with Crippen molar-refractivity contribution in [2.45, 2.75) is 85.8 Å². The van der Waals surface area contributed by atoms with E-state index in [1.54, 1.807) is 0 Å². The molecule has 2 aliphatic carbocycles. The van der Waals surface area contributed by atoms with Gasteiger partial charge in [0.1, 0.15) is 48.8 Å². The minimum atomic E-state index is -1.75. The maximum absolute atomic E-state index is 10.7. The second-order valence-electron chi connectivity index (χ2n) is 9.08. The van der Waals surface area contributed by atoms with Gasteiger partial charge in [-0.25, -0.2) is 0 Å². The highest BCUT2D eigenvalue weighted by molar-refractivity contribution is 5.22. The second-order valence-corrected chi connectivity index (χ2v) is 9.08. The minimum Gasteiger partial charge on any atom is -0.396 e. The zero-order valence-electron chi connectivity index (χ0n) is 18.2. The molecule has 14 atom stereocenters. The van der Waals surface area contributed by atoms with E-state index in [4.69, 9.17) is 9.47 Å². The molecule has 1 heterocycles. The molecule has 0 aromatic heterocycles. The van der Waals surface area contributed by atoms with Gasteiger partial charge in [-0.2, -0.15) is 0 Å². The number of hydrogen-bond donors (Lipinski definition) is 12. The fraction of sp³-hybridized carbons (Fsp3) is 0.900. The van der Waals surface area contributed by atoms with Gasteiger partial charge in [-0.05, 0) is 12.0 Å². The molecule has 14 nitrogen and oxygen atoms in total. The van der Waals surface area contributed by atoms with E-state index in [2.05, 4.69) is 5.32 Å². The van der Waals surface area contributed by atoms with Gasteiger partial charge < -0.3 is 71.0 Å². The predicted octanol–water partition coefficient (Wildman–Crippen LogP) is -6.75. The summed E-state index contributed by atoms with van der Waals surface area (Å²) in [4.78, 5) is 0. The van der Waals surface area contributed by atoms with Gasteiger partial charge in [-0.3, -0.25) is 0 Å². The second kappa shape index (κ2) is 11.5. The molecule has 3 aliphatic rings. The van der Waals surface area contributed by atoms with Crippen molar-refractivity contribution in [1.82, 2.24) is 5.32 Å². The SMILES string of the molecule is OCC1=C[C@H](N[C@H]2C[C@@H](CO)[C@@H](O[C@@H]3O[C@H](CO)[C@@H](O)[C@@H](O)[C@H]3O)[C@H](O)[C@H]2O)[C@@H](O)[C@@H](O)[C@@H]1O. The van der Waals surface area contributed by atoms with Gasteiger partial charge in [0, 0.05) is 18.6 Å². The molecule has 0 aromatic rings. The largest absolute Gasteiger partial charge is 0.396 e. The van der Waals surface area contributed by atoms with Crippen LogP contribution in [0.15, 0.2) is 11.6 Å². The Labute approximate surface area is 194 Å². The molecule has 0 spiro atoms. The molecule has 34 heavy (non-hydrogen) atoms. The van der Waals surface area contributed by atoms with Crippen LogP contribution < -0.4 is 5.32 Å². The van der Waals surface area contributed by atoms with Gasteiger partial charge in [0.2, 0.25) is 0 Å². The number of hydrogen-bond acceptors (Lipinski definition) is 14. The lowest BCUT2D eigenvalue weighted by Gasteiger charge is -2.47. The topological polar surface area (TPSA) is 253 Å². The van der Waals surface area contributed by atoms with E-state index in [0.29, 0.717) is 0 Å². The summed E-state index contributed by atoms with van der Waals surface area (Å²) in [6.07, 6.45) is -15.7. The van der Waals surface area contributed by atoms with E-state index in [1.165, 1.54) is 6.08 Å². The van der Waals surface area contributed by atoms with Crippen LogP contribution in [0.3, 0.4) is 0 Å². The Kier molecular flexibility index (Phi) is 9.38. The summed E-state index contributed by atoms with van der Waals surface area (Å²) in [7, 11) is 0. The van der Waals surface area contributed by atoms with Gasteiger partial charge in [-0.1, -0.05) is 6.08 Å². The van der Waals surface area contributed by atoms with E-state index in [9.17, 15) is 56.2 Å². The summed E-state index contributed by atoms with van der Waals surface area (Å²) in [5, 5.41) is 113. The standard InChI is InChI=1S/C20H35NO13/c22-3-6-1-8(12(26)15(29)11(6)25)21-9-2-7(4-23)19(17(31)13(9)27)34-20-18(32)16(30)14(28)10(5-24)33-20/h1,7-32H,2-5H2/t7-,8-,9-,10+,11+,12+,13-,14+,15-,16+,17+,18+,19+,20-/m0/s1. The third kappa shape index (κ3) is 5.30. The van der Waals surface area contributed by atoms with Gasteiger partial charge in [-0.15, -0.1) is 0 Å². The molecular weight excluding hydrogens is 462 g/mol. The Morgan fingerprint density at radius 1 is 0.794 bits per heavy atom. The van der Waals surface area contributed by atoms with Gasteiger partial charge in [0.25, 0.3) is 0 Å². The van der Waals surface area contributed by atoms with E-state index >= 15 is 0 Å². The molecular formula is C20H35NO13. The van der Waals surface area contributed by atoms with Crippen LogP contribution in [-0.4, -0.2) is 155 Å². The molecule has 198 valence electrons. The average Bonchev–Trinajstić information content (AvgIpc) is 2.83. The van der Waals surface area contributed by atoms with Crippen molar-refractivity contribution in [2.24, 2.45) is 5.92 Å². The highest BCUT2D eigenvalue weighted by Gasteiger charge is 2.50. The number of nitrogens with one attached hydrogen (secondary N) is 1. The Morgan fingerprint density at radius 2 is 1.47 bits per heavy atom. The van der Waals surface area contributed by atoms with Crippen molar-refractivity contribution in [3.63, 3.8) is 0 Å². The van der Waals surface area contributed by atoms with E-state index in [-0.39, 0.29) is 12.0 Å². The summed E-state index contributed by atoms with van der Waals surface area (Å²) in [6, 6.07) is -1.94. The maximum Gasteiger partial charge on any atom is 0.187 e. The van der Waals surface area contributed by atoms with Crippen LogP contribution in [0.4, 0.5) is 0 Å². The molecule has 14 heteroatoms. The third-order valence-electron chi connectivity index (χ3n) is 6.90. The first-order valence-electron chi connectivity index (χ1n) is 11.1. The van der Waals surface area contributed by atoms with Crippen molar-refractivity contribution in [3.05, 3.63) is 11.6 Å². The van der Waals surface area contributed by atoms with Crippen LogP contribution in [0.5, 0.6) is 0 Å². The van der Waals surface area contributed by atoms with Crippen LogP contribution in [0.25, 0.3) is 0 Å². The Bertz CT molecular complexity index is 693. The lowest BCUT2D eigenvalue weighted by molar-refractivity contribution is -0.328. The fourth-order valence-corrected chi connectivity index (χ4v) is 4.77. The number of aliphatic hydroxyl groups excluding tert-OH is 11. The van der Waals surface area contributed by atoms with Crippen LogP contribution in [0, 0.1) is 5.92 Å². The highest BCUT2D eigenvalue weighted by Crippen LogP contribution is 2.33. The van der Waals surface area contributed by atoms with Crippen LogP contribution in [0.1, 0.15) is 6.42 Å². The maximum atomic E-state index is 10.7. The molecule has 3 rings (SSSR count). The Balaban J connectivity index is 1.73. The van der Waals surface area contributed by atoms with Gasteiger partial charge in [0.15, 0.2) is 6.29 Å². The van der Waals surface area contributed by atoms with Crippen LogP contribution in [-0.2, 0) is 9.47 Å². The first-order valence-corrected chi connectivity index (χ1v) is 11.1. The smallest absolute Gasteiger partial charge is 0.187 e. The van der Waals surface area contributed by atoms with Crippen molar-refractivity contribution in [1.29, 1.82) is 0 Å². The first kappa shape index (κ1) is 27.8. The van der Waals surface area contributed by atoms with Crippen molar-refractivity contribution in [3.8, 4) is 0 Å². The average molecular weight is 497 g/mol. The zero-order chi connectivity index (χ0) is 25.3. The van der Waals surface area contributed by atoms with E-state index < -0.39 is 105 Å². The molecule has 1 aliphatic heterocycles. The quantitative estimate of drug-likeness (QED) is 0.146. The first-order chi connectivity index (χ1) is 16.0. The lowest BCUT2D eigenvalue weighted by atomic mass is 9.78. The Morgan fingerprint density at radius 3 is 2.06 bits per heavy atom. The molecule has 0 amide bonds. The molecule has 12 N–H and O–H groups in total. The lowest BCUT2D eigenvalue weighted by Crippen LogP contribution is -2.66.